The highest BCUT2D eigenvalue weighted by atomic mass is 32.1. The van der Waals surface area contributed by atoms with Crippen molar-refractivity contribution in [2.45, 2.75) is 20.8 Å². The molecule has 33 heavy (non-hydrogen) atoms. The minimum absolute atomic E-state index is 0.242. The van der Waals surface area contributed by atoms with Gasteiger partial charge < -0.3 is 19.5 Å². The second kappa shape index (κ2) is 10.8. The molecule has 172 valence electrons. The molecule has 3 aromatic rings. The SMILES string of the molecule is CCOC(=O)c1c(-c2ccc(C)cc2C)csc1NC(=O)/C=C/c1ccc(OC)cc1OC. The second-order valence-electron chi connectivity index (χ2n) is 7.32. The summed E-state index contributed by atoms with van der Waals surface area (Å²) in [5, 5.41) is 5.14. The molecule has 0 saturated heterocycles. The number of anilines is 1. The summed E-state index contributed by atoms with van der Waals surface area (Å²) in [5.41, 5.74) is 4.93. The van der Waals surface area contributed by atoms with Gasteiger partial charge in [0.05, 0.1) is 20.8 Å². The van der Waals surface area contributed by atoms with Crippen molar-refractivity contribution < 1.29 is 23.8 Å². The van der Waals surface area contributed by atoms with Crippen molar-refractivity contribution in [3.05, 3.63) is 70.1 Å². The summed E-state index contributed by atoms with van der Waals surface area (Å²) in [7, 11) is 3.13. The van der Waals surface area contributed by atoms with Crippen molar-refractivity contribution in [2.24, 2.45) is 0 Å². The van der Waals surface area contributed by atoms with Crippen LogP contribution in [0.5, 0.6) is 11.5 Å². The van der Waals surface area contributed by atoms with Crippen LogP contribution in [0, 0.1) is 13.8 Å². The van der Waals surface area contributed by atoms with E-state index in [4.69, 9.17) is 14.2 Å². The lowest BCUT2D eigenvalue weighted by atomic mass is 9.97. The van der Waals surface area contributed by atoms with Crippen LogP contribution in [0.1, 0.15) is 34.0 Å². The van der Waals surface area contributed by atoms with Gasteiger partial charge in [-0.3, -0.25) is 4.79 Å². The van der Waals surface area contributed by atoms with Gasteiger partial charge in [0.25, 0.3) is 0 Å². The molecular weight excluding hydrogens is 438 g/mol. The first-order valence-electron chi connectivity index (χ1n) is 10.4. The van der Waals surface area contributed by atoms with Crippen LogP contribution in [-0.4, -0.2) is 32.7 Å². The van der Waals surface area contributed by atoms with Gasteiger partial charge in [-0.15, -0.1) is 11.3 Å². The molecule has 3 rings (SSSR count). The Morgan fingerprint density at radius 3 is 2.48 bits per heavy atom. The van der Waals surface area contributed by atoms with Gasteiger partial charge in [-0.05, 0) is 50.1 Å². The molecule has 0 bridgehead atoms. The van der Waals surface area contributed by atoms with E-state index in [1.165, 1.54) is 17.4 Å². The Labute approximate surface area is 197 Å². The van der Waals surface area contributed by atoms with Crippen molar-refractivity contribution in [3.63, 3.8) is 0 Å². The topological polar surface area (TPSA) is 73.9 Å². The molecule has 0 atom stereocenters. The van der Waals surface area contributed by atoms with Crippen LogP contribution < -0.4 is 14.8 Å². The first-order chi connectivity index (χ1) is 15.9. The van der Waals surface area contributed by atoms with Crippen LogP contribution in [0.2, 0.25) is 0 Å². The summed E-state index contributed by atoms with van der Waals surface area (Å²) < 4.78 is 15.9. The zero-order valence-corrected chi connectivity index (χ0v) is 20.2. The normalized spacial score (nSPS) is 10.8. The number of hydrogen-bond acceptors (Lipinski definition) is 6. The first kappa shape index (κ1) is 24.1. The molecular formula is C26H27NO5S. The molecule has 1 aromatic heterocycles. The number of carbonyl (C=O) groups excluding carboxylic acids is 2. The van der Waals surface area contributed by atoms with Crippen LogP contribution in [0.25, 0.3) is 17.2 Å². The van der Waals surface area contributed by atoms with E-state index in [2.05, 4.69) is 11.4 Å². The van der Waals surface area contributed by atoms with Gasteiger partial charge in [0.15, 0.2) is 0 Å². The highest BCUT2D eigenvalue weighted by molar-refractivity contribution is 7.15. The number of amides is 1. The molecule has 1 N–H and O–H groups in total. The number of thiophene rings is 1. The lowest BCUT2D eigenvalue weighted by Gasteiger charge is -2.10. The Morgan fingerprint density at radius 1 is 1.03 bits per heavy atom. The maximum atomic E-state index is 12.8. The number of aryl methyl sites for hydroxylation is 2. The molecule has 0 unspecified atom stereocenters. The van der Waals surface area contributed by atoms with Crippen molar-refractivity contribution in [2.75, 3.05) is 26.1 Å². The molecule has 0 aliphatic carbocycles. The number of methoxy groups -OCH3 is 2. The Bertz CT molecular complexity index is 1200. The van der Waals surface area contributed by atoms with E-state index in [1.54, 1.807) is 45.4 Å². The molecule has 0 fully saturated rings. The summed E-state index contributed by atoms with van der Waals surface area (Å²) in [6.07, 6.45) is 3.05. The third-order valence-electron chi connectivity index (χ3n) is 5.03. The lowest BCUT2D eigenvalue weighted by Crippen LogP contribution is -2.12. The molecule has 6 nitrogen and oxygen atoms in total. The van der Waals surface area contributed by atoms with E-state index in [0.717, 1.165) is 27.8 Å². The van der Waals surface area contributed by atoms with Crippen LogP contribution in [-0.2, 0) is 9.53 Å². The molecule has 0 aliphatic rings. The lowest BCUT2D eigenvalue weighted by molar-refractivity contribution is -0.111. The number of benzene rings is 2. The predicted octanol–water partition coefficient (Wildman–Crippen LogP) is 5.88. The van der Waals surface area contributed by atoms with Crippen molar-refractivity contribution in [1.82, 2.24) is 0 Å². The fourth-order valence-corrected chi connectivity index (χ4v) is 4.40. The van der Waals surface area contributed by atoms with Crippen molar-refractivity contribution >= 4 is 34.3 Å². The van der Waals surface area contributed by atoms with E-state index in [1.807, 2.05) is 31.4 Å². The van der Waals surface area contributed by atoms with Crippen LogP contribution in [0.3, 0.4) is 0 Å². The largest absolute Gasteiger partial charge is 0.497 e. The summed E-state index contributed by atoms with van der Waals surface area (Å²) >= 11 is 1.29. The van der Waals surface area contributed by atoms with Gasteiger partial charge in [-0.25, -0.2) is 4.79 Å². The average Bonchev–Trinajstić information content (AvgIpc) is 3.20. The van der Waals surface area contributed by atoms with Gasteiger partial charge >= 0.3 is 5.97 Å². The zero-order valence-electron chi connectivity index (χ0n) is 19.4. The highest BCUT2D eigenvalue weighted by Crippen LogP contribution is 2.38. The standard InChI is InChI=1S/C26H27NO5S/c1-6-32-26(29)24-21(20-11-7-16(2)13-17(20)3)15-33-25(24)27-23(28)12-9-18-8-10-19(30-4)14-22(18)31-5/h7-15H,6H2,1-5H3,(H,27,28)/b12-9+. The van der Waals surface area contributed by atoms with Crippen LogP contribution >= 0.6 is 11.3 Å². The molecule has 7 heteroatoms. The van der Waals surface area contributed by atoms with Crippen LogP contribution in [0.4, 0.5) is 5.00 Å². The third-order valence-corrected chi connectivity index (χ3v) is 5.93. The number of ether oxygens (including phenoxy) is 3. The minimum Gasteiger partial charge on any atom is -0.497 e. The Balaban J connectivity index is 1.90. The third kappa shape index (κ3) is 5.62. The van der Waals surface area contributed by atoms with E-state index in [0.29, 0.717) is 22.1 Å². The van der Waals surface area contributed by atoms with E-state index >= 15 is 0 Å². The Hall–Kier alpha value is -3.58. The van der Waals surface area contributed by atoms with E-state index < -0.39 is 5.97 Å². The van der Waals surface area contributed by atoms with Gasteiger partial charge in [-0.2, -0.15) is 0 Å². The maximum Gasteiger partial charge on any atom is 0.341 e. The maximum absolute atomic E-state index is 12.8. The van der Waals surface area contributed by atoms with Crippen molar-refractivity contribution in [3.8, 4) is 22.6 Å². The van der Waals surface area contributed by atoms with Gasteiger partial charge in [-0.1, -0.05) is 23.8 Å². The Kier molecular flexibility index (Phi) is 7.90. The smallest absolute Gasteiger partial charge is 0.341 e. The van der Waals surface area contributed by atoms with Gasteiger partial charge in [0, 0.05) is 28.6 Å². The number of carbonyl (C=O) groups is 2. The van der Waals surface area contributed by atoms with E-state index in [-0.39, 0.29) is 12.5 Å². The second-order valence-corrected chi connectivity index (χ2v) is 8.20. The van der Waals surface area contributed by atoms with E-state index in [9.17, 15) is 9.59 Å². The first-order valence-corrected chi connectivity index (χ1v) is 11.3. The number of rotatable bonds is 8. The molecule has 0 aliphatic heterocycles. The summed E-state index contributed by atoms with van der Waals surface area (Å²) in [6.45, 7) is 6.01. The zero-order chi connectivity index (χ0) is 24.0. The predicted molar refractivity (Wildman–Crippen MR) is 132 cm³/mol. The number of hydrogen-bond donors (Lipinski definition) is 1. The van der Waals surface area contributed by atoms with Gasteiger partial charge in [0.1, 0.15) is 22.1 Å². The molecule has 1 amide bonds. The number of nitrogens with one attached hydrogen (secondary N) is 1. The van der Waals surface area contributed by atoms with Crippen molar-refractivity contribution in [1.29, 1.82) is 0 Å². The van der Waals surface area contributed by atoms with Crippen LogP contribution in [0.15, 0.2) is 47.9 Å². The number of esters is 1. The summed E-state index contributed by atoms with van der Waals surface area (Å²) in [5.74, 6) is 0.404. The summed E-state index contributed by atoms with van der Waals surface area (Å²) in [4.78, 5) is 25.5. The minimum atomic E-state index is -0.468. The molecule has 0 radical (unpaired) electrons. The fourth-order valence-electron chi connectivity index (χ4n) is 3.45. The Morgan fingerprint density at radius 2 is 1.82 bits per heavy atom. The summed E-state index contributed by atoms with van der Waals surface area (Å²) in [6, 6.07) is 11.4. The quantitative estimate of drug-likeness (QED) is 0.332. The fraction of sp³-hybridized carbons (Fsp3) is 0.231. The molecule has 0 saturated carbocycles. The van der Waals surface area contributed by atoms with Gasteiger partial charge in [0.2, 0.25) is 5.91 Å². The molecule has 0 spiro atoms. The highest BCUT2D eigenvalue weighted by Gasteiger charge is 2.23. The molecule has 2 aromatic carbocycles. The monoisotopic (exact) mass is 465 g/mol. The molecule has 1 heterocycles. The average molecular weight is 466 g/mol.